The zero-order valence-electron chi connectivity index (χ0n) is 22.7. The SMILES string of the molecule is CCCCCCCCC(=O)N1CCN(C(=O)c2nc(C)nc(C)c2C(=O)OCc2ccccc2)CC1C. The third kappa shape index (κ3) is 7.84. The first kappa shape index (κ1) is 28.3. The smallest absolute Gasteiger partial charge is 0.342 e. The van der Waals surface area contributed by atoms with Crippen LogP contribution in [0.3, 0.4) is 0 Å². The molecular weight excluding hydrogens is 468 g/mol. The number of rotatable bonds is 11. The molecule has 1 aliphatic rings. The molecule has 0 saturated carbocycles. The Labute approximate surface area is 220 Å². The predicted molar refractivity (Wildman–Crippen MR) is 142 cm³/mol. The summed E-state index contributed by atoms with van der Waals surface area (Å²) in [5.41, 5.74) is 1.42. The van der Waals surface area contributed by atoms with Gasteiger partial charge in [0.15, 0.2) is 0 Å². The van der Waals surface area contributed by atoms with Crippen LogP contribution in [0.4, 0.5) is 0 Å². The van der Waals surface area contributed by atoms with Gasteiger partial charge in [0.25, 0.3) is 5.91 Å². The van der Waals surface area contributed by atoms with E-state index in [1.165, 1.54) is 25.7 Å². The first-order valence-electron chi connectivity index (χ1n) is 13.5. The molecule has 0 radical (unpaired) electrons. The Balaban J connectivity index is 1.63. The van der Waals surface area contributed by atoms with E-state index >= 15 is 0 Å². The predicted octanol–water partition coefficient (Wildman–Crippen LogP) is 4.87. The lowest BCUT2D eigenvalue weighted by Crippen LogP contribution is -2.55. The summed E-state index contributed by atoms with van der Waals surface area (Å²) in [7, 11) is 0. The van der Waals surface area contributed by atoms with E-state index in [0.717, 1.165) is 18.4 Å². The van der Waals surface area contributed by atoms with Crippen molar-refractivity contribution in [1.29, 1.82) is 0 Å². The molecule has 1 aromatic carbocycles. The third-order valence-electron chi connectivity index (χ3n) is 6.80. The quantitative estimate of drug-likeness (QED) is 0.317. The van der Waals surface area contributed by atoms with Gasteiger partial charge in [-0.2, -0.15) is 0 Å². The number of carbonyl (C=O) groups excluding carboxylic acids is 3. The van der Waals surface area contributed by atoms with E-state index in [1.807, 2.05) is 42.2 Å². The van der Waals surface area contributed by atoms with Crippen LogP contribution >= 0.6 is 0 Å². The number of benzene rings is 1. The van der Waals surface area contributed by atoms with Crippen molar-refractivity contribution in [3.05, 3.63) is 58.7 Å². The highest BCUT2D eigenvalue weighted by molar-refractivity contribution is 6.04. The molecule has 0 N–H and O–H groups in total. The summed E-state index contributed by atoms with van der Waals surface area (Å²) >= 11 is 0. The Morgan fingerprint density at radius 1 is 0.973 bits per heavy atom. The fourth-order valence-corrected chi connectivity index (χ4v) is 4.77. The van der Waals surface area contributed by atoms with Crippen LogP contribution in [0.1, 0.15) is 96.7 Å². The second kappa shape index (κ2) is 13.9. The van der Waals surface area contributed by atoms with E-state index in [0.29, 0.717) is 37.6 Å². The number of carbonyl (C=O) groups is 3. The van der Waals surface area contributed by atoms with Gasteiger partial charge in [0, 0.05) is 32.1 Å². The van der Waals surface area contributed by atoms with Gasteiger partial charge in [-0.15, -0.1) is 0 Å². The molecule has 1 unspecified atom stereocenters. The van der Waals surface area contributed by atoms with Crippen molar-refractivity contribution in [1.82, 2.24) is 19.8 Å². The molecule has 1 aromatic heterocycles. The highest BCUT2D eigenvalue weighted by Crippen LogP contribution is 2.20. The minimum absolute atomic E-state index is 0.0575. The zero-order chi connectivity index (χ0) is 26.8. The van der Waals surface area contributed by atoms with E-state index < -0.39 is 5.97 Å². The summed E-state index contributed by atoms with van der Waals surface area (Å²) in [4.78, 5) is 51.6. The monoisotopic (exact) mass is 508 g/mol. The summed E-state index contributed by atoms with van der Waals surface area (Å²) in [5, 5.41) is 0. The molecule has 37 heavy (non-hydrogen) atoms. The molecule has 1 fully saturated rings. The number of ether oxygens (including phenoxy) is 1. The number of aromatic nitrogens is 2. The summed E-state index contributed by atoms with van der Waals surface area (Å²) in [5.74, 6) is -0.393. The lowest BCUT2D eigenvalue weighted by molar-refractivity contribution is -0.135. The van der Waals surface area contributed by atoms with E-state index in [2.05, 4.69) is 16.9 Å². The number of esters is 1. The van der Waals surface area contributed by atoms with Crippen molar-refractivity contribution in [3.8, 4) is 0 Å². The molecule has 8 heteroatoms. The van der Waals surface area contributed by atoms with Gasteiger partial charge in [-0.25, -0.2) is 14.8 Å². The summed E-state index contributed by atoms with van der Waals surface area (Å²) < 4.78 is 5.51. The highest BCUT2D eigenvalue weighted by Gasteiger charge is 2.33. The maximum absolute atomic E-state index is 13.5. The fourth-order valence-electron chi connectivity index (χ4n) is 4.77. The van der Waals surface area contributed by atoms with Gasteiger partial charge in [0.2, 0.25) is 5.91 Å². The number of hydrogen-bond acceptors (Lipinski definition) is 6. The van der Waals surface area contributed by atoms with Gasteiger partial charge in [-0.3, -0.25) is 9.59 Å². The number of amides is 2. The van der Waals surface area contributed by atoms with Crippen molar-refractivity contribution in [2.45, 2.75) is 85.3 Å². The highest BCUT2D eigenvalue weighted by atomic mass is 16.5. The van der Waals surface area contributed by atoms with Crippen LogP contribution in [0, 0.1) is 13.8 Å². The normalized spacial score (nSPS) is 15.5. The number of aryl methyl sites for hydroxylation is 2. The van der Waals surface area contributed by atoms with Crippen molar-refractivity contribution in [3.63, 3.8) is 0 Å². The molecule has 200 valence electrons. The molecule has 0 spiro atoms. The largest absolute Gasteiger partial charge is 0.457 e. The molecule has 0 bridgehead atoms. The molecular formula is C29H40N4O4. The Kier molecular flexibility index (Phi) is 10.6. The van der Waals surface area contributed by atoms with Crippen LogP contribution in [0.15, 0.2) is 30.3 Å². The van der Waals surface area contributed by atoms with Gasteiger partial charge < -0.3 is 14.5 Å². The summed E-state index contributed by atoms with van der Waals surface area (Å²) in [6.07, 6.45) is 7.39. The van der Waals surface area contributed by atoms with Crippen molar-refractivity contribution >= 4 is 17.8 Å². The number of piperazine rings is 1. The van der Waals surface area contributed by atoms with E-state index in [1.54, 1.807) is 18.7 Å². The molecule has 0 aliphatic carbocycles. The van der Waals surface area contributed by atoms with Gasteiger partial charge >= 0.3 is 5.97 Å². The Bertz CT molecular complexity index is 1070. The number of unbranched alkanes of at least 4 members (excludes halogenated alkanes) is 5. The van der Waals surface area contributed by atoms with Crippen molar-refractivity contribution in [2.24, 2.45) is 0 Å². The van der Waals surface area contributed by atoms with Crippen LogP contribution in [0.25, 0.3) is 0 Å². The van der Waals surface area contributed by atoms with Crippen LogP contribution in [0.2, 0.25) is 0 Å². The van der Waals surface area contributed by atoms with Crippen LogP contribution < -0.4 is 0 Å². The number of nitrogens with zero attached hydrogens (tertiary/aromatic N) is 4. The van der Waals surface area contributed by atoms with E-state index in [9.17, 15) is 14.4 Å². The van der Waals surface area contributed by atoms with E-state index in [-0.39, 0.29) is 35.7 Å². The average Bonchev–Trinajstić information content (AvgIpc) is 2.88. The van der Waals surface area contributed by atoms with Crippen LogP contribution in [-0.4, -0.2) is 63.2 Å². The average molecular weight is 509 g/mol. The first-order chi connectivity index (χ1) is 17.8. The molecule has 3 rings (SSSR count). The third-order valence-corrected chi connectivity index (χ3v) is 6.80. The minimum atomic E-state index is -0.620. The van der Waals surface area contributed by atoms with Crippen LogP contribution in [0.5, 0.6) is 0 Å². The van der Waals surface area contributed by atoms with Gasteiger partial charge in [-0.05, 0) is 32.8 Å². The fraction of sp³-hybridized carbons (Fsp3) is 0.552. The second-order valence-corrected chi connectivity index (χ2v) is 9.85. The Hall–Kier alpha value is -3.29. The van der Waals surface area contributed by atoms with Crippen molar-refractivity contribution in [2.75, 3.05) is 19.6 Å². The molecule has 1 saturated heterocycles. The lowest BCUT2D eigenvalue weighted by Gasteiger charge is -2.40. The lowest BCUT2D eigenvalue weighted by atomic mass is 10.1. The molecule has 2 heterocycles. The van der Waals surface area contributed by atoms with Gasteiger partial charge in [0.05, 0.1) is 5.69 Å². The first-order valence-corrected chi connectivity index (χ1v) is 13.5. The molecule has 8 nitrogen and oxygen atoms in total. The second-order valence-electron chi connectivity index (χ2n) is 9.85. The van der Waals surface area contributed by atoms with Gasteiger partial charge in [-0.1, -0.05) is 69.4 Å². The maximum Gasteiger partial charge on any atom is 0.342 e. The molecule has 1 aliphatic heterocycles. The maximum atomic E-state index is 13.5. The Morgan fingerprint density at radius 2 is 1.68 bits per heavy atom. The molecule has 2 aromatic rings. The zero-order valence-corrected chi connectivity index (χ0v) is 22.7. The minimum Gasteiger partial charge on any atom is -0.457 e. The summed E-state index contributed by atoms with van der Waals surface area (Å²) in [6, 6.07) is 9.26. The molecule has 1 atom stereocenters. The van der Waals surface area contributed by atoms with Gasteiger partial charge in [0.1, 0.15) is 23.7 Å². The molecule has 2 amide bonds. The van der Waals surface area contributed by atoms with E-state index in [4.69, 9.17) is 4.74 Å². The topological polar surface area (TPSA) is 92.7 Å². The van der Waals surface area contributed by atoms with Crippen molar-refractivity contribution < 1.29 is 19.1 Å². The standard InChI is InChI=1S/C29H40N4O4/c1-5-6-7-8-9-13-16-25(34)33-18-17-32(19-21(33)2)28(35)27-26(22(3)30-23(4)31-27)29(36)37-20-24-14-11-10-12-15-24/h10-12,14-15,21H,5-9,13,16-20H2,1-4H3. The Morgan fingerprint density at radius 3 is 2.38 bits per heavy atom. The number of hydrogen-bond donors (Lipinski definition) is 0. The van der Waals surface area contributed by atoms with Crippen LogP contribution in [-0.2, 0) is 16.1 Å². The summed E-state index contributed by atoms with van der Waals surface area (Å²) in [6.45, 7) is 8.89.